The van der Waals surface area contributed by atoms with Crippen molar-refractivity contribution in [1.82, 2.24) is 4.98 Å². The van der Waals surface area contributed by atoms with Gasteiger partial charge in [0.1, 0.15) is 23.3 Å². The number of allylic oxidation sites excluding steroid dienone is 1. The van der Waals surface area contributed by atoms with Gasteiger partial charge in [-0.2, -0.15) is 0 Å². The highest BCUT2D eigenvalue weighted by Crippen LogP contribution is 2.41. The van der Waals surface area contributed by atoms with E-state index in [-0.39, 0.29) is 23.3 Å². The summed E-state index contributed by atoms with van der Waals surface area (Å²) in [5.41, 5.74) is 1.61. The Labute approximate surface area is 181 Å². The minimum Gasteiger partial charge on any atom is -0.493 e. The maximum Gasteiger partial charge on any atom is 0.186 e. The maximum absolute atomic E-state index is 13.0. The number of hydrogen-bond acceptors (Lipinski definition) is 7. The number of nitrogens with one attached hydrogen (secondary N) is 1. The van der Waals surface area contributed by atoms with Gasteiger partial charge in [-0.15, -0.1) is 11.3 Å². The molecule has 1 aromatic heterocycles. The van der Waals surface area contributed by atoms with Crippen LogP contribution in [-0.2, 0) is 11.4 Å². The van der Waals surface area contributed by atoms with Crippen molar-refractivity contribution in [2.24, 2.45) is 0 Å². The number of methoxy groups -OCH3 is 1. The van der Waals surface area contributed by atoms with Gasteiger partial charge in [-0.1, -0.05) is 30.0 Å². The van der Waals surface area contributed by atoms with Gasteiger partial charge in [0.25, 0.3) is 0 Å². The van der Waals surface area contributed by atoms with Crippen LogP contribution in [0, 0.1) is 11.2 Å². The Balaban J connectivity index is 1.52. The Hall–Kier alpha value is -2.97. The van der Waals surface area contributed by atoms with Crippen LogP contribution in [-0.4, -0.2) is 22.9 Å². The van der Waals surface area contributed by atoms with Gasteiger partial charge in [0, 0.05) is 11.6 Å². The molecule has 0 aliphatic carbocycles. The van der Waals surface area contributed by atoms with Gasteiger partial charge in [0.15, 0.2) is 17.3 Å². The van der Waals surface area contributed by atoms with Gasteiger partial charge in [0.2, 0.25) is 0 Å². The van der Waals surface area contributed by atoms with Crippen LogP contribution >= 0.6 is 23.1 Å². The van der Waals surface area contributed by atoms with E-state index in [1.54, 1.807) is 49.0 Å². The second-order valence-electron chi connectivity index (χ2n) is 6.47. The summed E-state index contributed by atoms with van der Waals surface area (Å²) in [4.78, 5) is 17.5. The van der Waals surface area contributed by atoms with E-state index < -0.39 is 5.92 Å². The zero-order valence-corrected chi connectivity index (χ0v) is 17.6. The summed E-state index contributed by atoms with van der Waals surface area (Å²) < 4.78 is 24.3. The molecule has 4 rings (SSSR count). The lowest BCUT2D eigenvalue weighted by atomic mass is 10.0. The number of benzene rings is 2. The summed E-state index contributed by atoms with van der Waals surface area (Å²) in [5.74, 6) is 0.0477. The van der Waals surface area contributed by atoms with E-state index in [0.29, 0.717) is 21.4 Å². The third-order valence-electron chi connectivity index (χ3n) is 4.48. The van der Waals surface area contributed by atoms with Crippen LogP contribution < -0.4 is 9.47 Å². The summed E-state index contributed by atoms with van der Waals surface area (Å²) >= 11 is 2.54. The molecule has 30 heavy (non-hydrogen) atoms. The number of ether oxygens (including phenoxy) is 2. The fraction of sp³-hybridized carbons (Fsp3) is 0.136. The zero-order chi connectivity index (χ0) is 21.1. The highest BCUT2D eigenvalue weighted by Gasteiger charge is 2.38. The first-order valence-electron chi connectivity index (χ1n) is 9.02. The number of carbonyl (C=O) groups excluding carboxylic acids is 1. The molecule has 3 aromatic rings. The van der Waals surface area contributed by atoms with E-state index in [9.17, 15) is 9.18 Å². The van der Waals surface area contributed by atoms with Crippen molar-refractivity contribution in [1.29, 1.82) is 5.41 Å². The summed E-state index contributed by atoms with van der Waals surface area (Å²) in [6.07, 6.45) is 3.39. The number of thioether (sulfide) groups is 1. The molecule has 5 nitrogen and oxygen atoms in total. The van der Waals surface area contributed by atoms with Crippen molar-refractivity contribution in [2.75, 3.05) is 7.11 Å². The molecule has 1 aliphatic heterocycles. The normalized spacial score (nSPS) is 17.5. The van der Waals surface area contributed by atoms with Crippen LogP contribution in [0.1, 0.15) is 22.1 Å². The van der Waals surface area contributed by atoms with Crippen LogP contribution in [0.25, 0.3) is 6.08 Å². The zero-order valence-electron chi connectivity index (χ0n) is 15.9. The monoisotopic (exact) mass is 440 g/mol. The second-order valence-corrected chi connectivity index (χ2v) is 8.48. The van der Waals surface area contributed by atoms with Gasteiger partial charge in [-0.05, 0) is 41.5 Å². The van der Waals surface area contributed by atoms with Crippen molar-refractivity contribution < 1.29 is 18.7 Å². The van der Waals surface area contributed by atoms with E-state index >= 15 is 0 Å². The molecule has 1 fully saturated rings. The quantitative estimate of drug-likeness (QED) is 0.528. The Morgan fingerprint density at radius 1 is 1.20 bits per heavy atom. The summed E-state index contributed by atoms with van der Waals surface area (Å²) in [5, 5.41) is 10.9. The Kier molecular flexibility index (Phi) is 5.96. The van der Waals surface area contributed by atoms with Crippen LogP contribution in [0.5, 0.6) is 11.5 Å². The van der Waals surface area contributed by atoms with E-state index in [1.807, 2.05) is 6.07 Å². The van der Waals surface area contributed by atoms with Crippen LogP contribution in [0.15, 0.2) is 58.9 Å². The number of thiazole rings is 1. The van der Waals surface area contributed by atoms with E-state index in [1.165, 1.54) is 23.5 Å². The molecule has 1 unspecified atom stereocenters. The molecule has 1 saturated heterocycles. The van der Waals surface area contributed by atoms with Crippen molar-refractivity contribution in [2.45, 2.75) is 12.5 Å². The Morgan fingerprint density at radius 2 is 2.00 bits per heavy atom. The standard InChI is InChI=1S/C22H17FN2O3S2/c1-27-17-10-14(4-7-16(17)28-12-13-2-5-15(23)6-3-13)11-18-20(26)19(21(24)30-18)22-25-8-9-29-22/h2-11,19,24H,12H2,1H3. The summed E-state index contributed by atoms with van der Waals surface area (Å²) in [6, 6.07) is 11.5. The minimum absolute atomic E-state index is 0.115. The Bertz CT molecular complexity index is 1110. The van der Waals surface area contributed by atoms with Crippen molar-refractivity contribution >= 4 is 40.0 Å². The third-order valence-corrected chi connectivity index (χ3v) is 6.31. The van der Waals surface area contributed by atoms with Gasteiger partial charge in [-0.25, -0.2) is 9.37 Å². The SMILES string of the molecule is COc1cc(C=C2SC(=N)C(c3nccs3)C2=O)ccc1OCc1ccc(F)cc1. The first-order chi connectivity index (χ1) is 14.5. The molecule has 0 bridgehead atoms. The predicted octanol–water partition coefficient (Wildman–Crippen LogP) is 5.29. The number of hydrogen-bond donors (Lipinski definition) is 1. The number of halogens is 1. The largest absolute Gasteiger partial charge is 0.493 e. The molecule has 8 heteroatoms. The molecule has 0 spiro atoms. The van der Waals surface area contributed by atoms with Crippen molar-refractivity contribution in [3.8, 4) is 11.5 Å². The topological polar surface area (TPSA) is 72.3 Å². The Morgan fingerprint density at radius 3 is 2.70 bits per heavy atom. The van der Waals surface area contributed by atoms with Crippen molar-refractivity contribution in [3.05, 3.63) is 80.9 Å². The molecule has 1 aliphatic rings. The smallest absolute Gasteiger partial charge is 0.186 e. The number of ketones is 1. The predicted molar refractivity (Wildman–Crippen MR) is 117 cm³/mol. The van der Waals surface area contributed by atoms with E-state index in [4.69, 9.17) is 14.9 Å². The highest BCUT2D eigenvalue weighted by atomic mass is 32.2. The molecule has 1 atom stereocenters. The van der Waals surface area contributed by atoms with Crippen LogP contribution in [0.3, 0.4) is 0 Å². The average Bonchev–Trinajstić information content (AvgIpc) is 3.36. The van der Waals surface area contributed by atoms with Gasteiger partial charge >= 0.3 is 0 Å². The molecule has 1 N–H and O–H groups in total. The number of aromatic nitrogens is 1. The minimum atomic E-state index is -0.610. The third kappa shape index (κ3) is 4.29. The lowest BCUT2D eigenvalue weighted by molar-refractivity contribution is -0.114. The fourth-order valence-corrected chi connectivity index (χ4v) is 4.78. The first-order valence-corrected chi connectivity index (χ1v) is 10.7. The molecular formula is C22H17FN2O3S2. The molecule has 0 amide bonds. The molecular weight excluding hydrogens is 423 g/mol. The van der Waals surface area contributed by atoms with Crippen LogP contribution in [0.2, 0.25) is 0 Å². The van der Waals surface area contributed by atoms with E-state index in [0.717, 1.165) is 22.9 Å². The molecule has 0 saturated carbocycles. The number of Topliss-reactive ketones (excluding diaryl/α,β-unsaturated/α-hetero) is 1. The summed E-state index contributed by atoms with van der Waals surface area (Å²) in [6.45, 7) is 0.276. The van der Waals surface area contributed by atoms with Gasteiger partial charge < -0.3 is 9.47 Å². The first kappa shape index (κ1) is 20.3. The summed E-state index contributed by atoms with van der Waals surface area (Å²) in [7, 11) is 1.54. The fourth-order valence-electron chi connectivity index (χ4n) is 2.98. The van der Waals surface area contributed by atoms with Gasteiger partial charge in [0.05, 0.1) is 17.1 Å². The van der Waals surface area contributed by atoms with E-state index in [2.05, 4.69) is 4.98 Å². The van der Waals surface area contributed by atoms with Gasteiger partial charge in [-0.3, -0.25) is 10.2 Å². The molecule has 0 radical (unpaired) electrons. The highest BCUT2D eigenvalue weighted by molar-refractivity contribution is 8.19. The lowest BCUT2D eigenvalue weighted by Crippen LogP contribution is -2.11. The molecule has 2 aromatic carbocycles. The molecule has 2 heterocycles. The lowest BCUT2D eigenvalue weighted by Gasteiger charge is -2.11. The number of nitrogens with zero attached hydrogens (tertiary/aromatic N) is 1. The maximum atomic E-state index is 13.0. The van der Waals surface area contributed by atoms with Crippen LogP contribution in [0.4, 0.5) is 4.39 Å². The number of carbonyl (C=O) groups is 1. The number of rotatable bonds is 6. The average molecular weight is 441 g/mol. The molecule has 152 valence electrons. The second kappa shape index (κ2) is 8.81. The van der Waals surface area contributed by atoms with Crippen molar-refractivity contribution in [3.63, 3.8) is 0 Å².